The molecule has 0 aliphatic carbocycles. The number of aryl methyl sites for hydroxylation is 1. The van der Waals surface area contributed by atoms with Gasteiger partial charge in [-0.05, 0) is 25.3 Å². The molecule has 2 heterocycles. The Hall–Kier alpha value is 0.0500. The van der Waals surface area contributed by atoms with Crippen molar-refractivity contribution in [3.8, 4) is 0 Å². The molecule has 66 valence electrons. The summed E-state index contributed by atoms with van der Waals surface area (Å²) >= 11 is 4.05. The van der Waals surface area contributed by atoms with Crippen LogP contribution in [0.25, 0.3) is 0 Å². The molecule has 2 heteroatoms. The van der Waals surface area contributed by atoms with Crippen LogP contribution < -0.4 is 0 Å². The van der Waals surface area contributed by atoms with Crippen LogP contribution in [0.5, 0.6) is 0 Å². The standard InChI is InChI=1S/C10H14S2/c1-6(2)8-5-10-9(12-8)4-7(3)11-10/h4,6,8H,5H2,1-3H3. The molecule has 1 aliphatic rings. The molecule has 2 rings (SSSR count). The van der Waals surface area contributed by atoms with Gasteiger partial charge in [-0.25, -0.2) is 0 Å². The number of thioether (sulfide) groups is 1. The third-order valence-corrected chi connectivity index (χ3v) is 5.14. The van der Waals surface area contributed by atoms with Crippen molar-refractivity contribution in [1.29, 1.82) is 0 Å². The molecule has 1 aromatic heterocycles. The Morgan fingerprint density at radius 2 is 2.25 bits per heavy atom. The van der Waals surface area contributed by atoms with Crippen molar-refractivity contribution < 1.29 is 0 Å². The highest BCUT2D eigenvalue weighted by molar-refractivity contribution is 8.00. The van der Waals surface area contributed by atoms with Gasteiger partial charge in [-0.3, -0.25) is 0 Å². The van der Waals surface area contributed by atoms with Crippen LogP contribution in [0.2, 0.25) is 0 Å². The Bertz CT molecular complexity index is 263. The van der Waals surface area contributed by atoms with Crippen LogP contribution in [0.1, 0.15) is 23.6 Å². The molecule has 0 nitrogen and oxygen atoms in total. The lowest BCUT2D eigenvalue weighted by Crippen LogP contribution is -2.08. The van der Waals surface area contributed by atoms with E-state index in [1.807, 2.05) is 11.3 Å². The first-order chi connectivity index (χ1) is 5.66. The predicted octanol–water partition coefficient (Wildman–Crippen LogP) is 3.73. The molecule has 0 amide bonds. The summed E-state index contributed by atoms with van der Waals surface area (Å²) in [5.41, 5.74) is 0. The maximum absolute atomic E-state index is 2.34. The molecule has 0 radical (unpaired) electrons. The van der Waals surface area contributed by atoms with Gasteiger partial charge in [0.25, 0.3) is 0 Å². The first-order valence-electron chi connectivity index (χ1n) is 4.43. The van der Waals surface area contributed by atoms with Crippen LogP contribution in [-0.4, -0.2) is 5.25 Å². The lowest BCUT2D eigenvalue weighted by atomic mass is 10.1. The minimum atomic E-state index is 0.815. The highest BCUT2D eigenvalue weighted by atomic mass is 32.2. The summed E-state index contributed by atoms with van der Waals surface area (Å²) in [6, 6.07) is 2.34. The molecule has 0 N–H and O–H groups in total. The minimum absolute atomic E-state index is 0.815. The molecular formula is C10H14S2. The fourth-order valence-corrected chi connectivity index (χ4v) is 4.29. The van der Waals surface area contributed by atoms with E-state index >= 15 is 0 Å². The summed E-state index contributed by atoms with van der Waals surface area (Å²) in [6.45, 7) is 6.84. The molecule has 1 aliphatic heterocycles. The molecular weight excluding hydrogens is 184 g/mol. The smallest absolute Gasteiger partial charge is 0.0217 e. The Balaban J connectivity index is 2.18. The van der Waals surface area contributed by atoms with Gasteiger partial charge in [0, 0.05) is 19.9 Å². The van der Waals surface area contributed by atoms with E-state index in [0.29, 0.717) is 0 Å². The lowest BCUT2D eigenvalue weighted by Gasteiger charge is -2.11. The largest absolute Gasteiger partial charge is 0.144 e. The van der Waals surface area contributed by atoms with Crippen LogP contribution in [0.3, 0.4) is 0 Å². The van der Waals surface area contributed by atoms with Crippen molar-refractivity contribution >= 4 is 23.1 Å². The molecule has 0 bridgehead atoms. The van der Waals surface area contributed by atoms with Crippen molar-refractivity contribution in [2.24, 2.45) is 5.92 Å². The number of hydrogen-bond acceptors (Lipinski definition) is 2. The van der Waals surface area contributed by atoms with Gasteiger partial charge in [0.15, 0.2) is 0 Å². The van der Waals surface area contributed by atoms with Crippen molar-refractivity contribution in [2.45, 2.75) is 37.3 Å². The minimum Gasteiger partial charge on any atom is -0.144 e. The van der Waals surface area contributed by atoms with E-state index in [0.717, 1.165) is 11.2 Å². The summed E-state index contributed by atoms with van der Waals surface area (Å²) in [5.74, 6) is 0.815. The summed E-state index contributed by atoms with van der Waals surface area (Å²) < 4.78 is 0. The molecule has 0 aromatic carbocycles. The quantitative estimate of drug-likeness (QED) is 0.662. The van der Waals surface area contributed by atoms with E-state index in [1.165, 1.54) is 11.3 Å². The number of thiophene rings is 1. The maximum Gasteiger partial charge on any atom is 0.0217 e. The summed E-state index contributed by atoms with van der Waals surface area (Å²) in [7, 11) is 0. The van der Waals surface area contributed by atoms with E-state index in [-0.39, 0.29) is 0 Å². The van der Waals surface area contributed by atoms with Gasteiger partial charge in [-0.2, -0.15) is 0 Å². The van der Waals surface area contributed by atoms with Gasteiger partial charge in [-0.1, -0.05) is 13.8 Å². The summed E-state index contributed by atoms with van der Waals surface area (Å²) in [5, 5.41) is 0.840. The average molecular weight is 198 g/mol. The molecule has 1 unspecified atom stereocenters. The third-order valence-electron chi connectivity index (χ3n) is 2.30. The fourth-order valence-electron chi connectivity index (χ4n) is 1.54. The van der Waals surface area contributed by atoms with Crippen molar-refractivity contribution in [3.05, 3.63) is 15.8 Å². The lowest BCUT2D eigenvalue weighted by molar-refractivity contribution is 0.614. The Kier molecular flexibility index (Phi) is 2.21. The first kappa shape index (κ1) is 8.64. The molecule has 12 heavy (non-hydrogen) atoms. The maximum atomic E-state index is 2.34. The molecule has 0 saturated heterocycles. The van der Waals surface area contributed by atoms with Crippen LogP contribution in [0.4, 0.5) is 0 Å². The van der Waals surface area contributed by atoms with Gasteiger partial charge >= 0.3 is 0 Å². The number of fused-ring (bicyclic) bond motifs is 1. The normalized spacial score (nSPS) is 21.8. The Morgan fingerprint density at radius 3 is 2.83 bits per heavy atom. The number of hydrogen-bond donors (Lipinski definition) is 0. The molecule has 1 aromatic rings. The molecule has 0 fully saturated rings. The fraction of sp³-hybridized carbons (Fsp3) is 0.600. The SMILES string of the molecule is Cc1cc2c(s1)CC(C(C)C)S2. The van der Waals surface area contributed by atoms with Gasteiger partial charge in [0.1, 0.15) is 0 Å². The topological polar surface area (TPSA) is 0 Å². The number of rotatable bonds is 1. The summed E-state index contributed by atoms with van der Waals surface area (Å²) in [6.07, 6.45) is 1.30. The average Bonchev–Trinajstić information content (AvgIpc) is 2.42. The van der Waals surface area contributed by atoms with Crippen molar-refractivity contribution in [1.82, 2.24) is 0 Å². The van der Waals surface area contributed by atoms with Crippen LogP contribution in [0, 0.1) is 12.8 Å². The van der Waals surface area contributed by atoms with Gasteiger partial charge < -0.3 is 0 Å². The van der Waals surface area contributed by atoms with E-state index < -0.39 is 0 Å². The van der Waals surface area contributed by atoms with E-state index in [2.05, 4.69) is 38.6 Å². The molecule has 0 saturated carbocycles. The third kappa shape index (κ3) is 1.42. The monoisotopic (exact) mass is 198 g/mol. The second kappa shape index (κ2) is 3.08. The van der Waals surface area contributed by atoms with Crippen LogP contribution in [0.15, 0.2) is 11.0 Å². The Labute approximate surface area is 82.4 Å². The van der Waals surface area contributed by atoms with E-state index in [1.54, 1.807) is 9.77 Å². The second-order valence-corrected chi connectivity index (χ2v) is 6.37. The van der Waals surface area contributed by atoms with Gasteiger partial charge in [0.05, 0.1) is 0 Å². The first-order valence-corrected chi connectivity index (χ1v) is 6.12. The molecule has 0 spiro atoms. The van der Waals surface area contributed by atoms with Gasteiger partial charge in [-0.15, -0.1) is 23.1 Å². The van der Waals surface area contributed by atoms with Crippen molar-refractivity contribution in [2.75, 3.05) is 0 Å². The Morgan fingerprint density at radius 1 is 1.50 bits per heavy atom. The highest BCUT2D eigenvalue weighted by Crippen LogP contribution is 2.44. The predicted molar refractivity (Wildman–Crippen MR) is 57.2 cm³/mol. The van der Waals surface area contributed by atoms with Crippen LogP contribution >= 0.6 is 23.1 Å². The second-order valence-electron chi connectivity index (χ2n) is 3.75. The van der Waals surface area contributed by atoms with E-state index in [4.69, 9.17) is 0 Å². The van der Waals surface area contributed by atoms with Crippen molar-refractivity contribution in [3.63, 3.8) is 0 Å². The van der Waals surface area contributed by atoms with Gasteiger partial charge in [0.2, 0.25) is 0 Å². The van der Waals surface area contributed by atoms with Crippen LogP contribution in [-0.2, 0) is 6.42 Å². The zero-order valence-electron chi connectivity index (χ0n) is 7.76. The summed E-state index contributed by atoms with van der Waals surface area (Å²) in [4.78, 5) is 4.64. The molecule has 1 atom stereocenters. The highest BCUT2D eigenvalue weighted by Gasteiger charge is 2.26. The van der Waals surface area contributed by atoms with E-state index in [9.17, 15) is 0 Å². The zero-order chi connectivity index (χ0) is 8.72. The zero-order valence-corrected chi connectivity index (χ0v) is 9.39.